The molecule has 262 valence electrons. The summed E-state index contributed by atoms with van der Waals surface area (Å²) in [6, 6.07) is 35.4. The van der Waals surface area contributed by atoms with E-state index in [4.69, 9.17) is 9.47 Å². The average molecular weight is 704 g/mol. The van der Waals surface area contributed by atoms with E-state index in [2.05, 4.69) is 31.2 Å². The van der Waals surface area contributed by atoms with Gasteiger partial charge in [-0.2, -0.15) is 25.4 Å². The number of azo groups is 1. The number of ether oxygens (including phenoxy) is 2. The van der Waals surface area contributed by atoms with Crippen LogP contribution in [0.25, 0.3) is 17.2 Å². The lowest BCUT2D eigenvalue weighted by atomic mass is 9.89. The summed E-state index contributed by atoms with van der Waals surface area (Å²) in [4.78, 5) is 40.0. The van der Waals surface area contributed by atoms with Gasteiger partial charge < -0.3 is 14.8 Å². The van der Waals surface area contributed by atoms with Crippen molar-refractivity contribution < 1.29 is 23.9 Å². The molecule has 0 spiro atoms. The number of hydrogen-bond donors (Lipinski definition) is 2. The summed E-state index contributed by atoms with van der Waals surface area (Å²) < 4.78 is 11.3. The minimum atomic E-state index is -0.848. The van der Waals surface area contributed by atoms with E-state index in [1.165, 1.54) is 19.2 Å². The van der Waals surface area contributed by atoms with Crippen LogP contribution in [0, 0.1) is 0 Å². The Kier molecular flexibility index (Phi) is 9.66. The molecule has 53 heavy (non-hydrogen) atoms. The third kappa shape index (κ3) is 7.06. The van der Waals surface area contributed by atoms with Crippen LogP contribution in [-0.2, 0) is 14.4 Å². The molecule has 0 fully saturated rings. The number of Topliss-reactive ketones (excluding diaryl/α,β-unsaturated/α-hetero) is 1. The number of benzene rings is 5. The molecule has 2 aliphatic rings. The van der Waals surface area contributed by atoms with Gasteiger partial charge in [-0.3, -0.25) is 19.8 Å². The van der Waals surface area contributed by atoms with Gasteiger partial charge >= 0.3 is 0 Å². The number of amides is 2. The maximum Gasteiger partial charge on any atom is 0.280 e. The second-order valence-corrected chi connectivity index (χ2v) is 12.0. The van der Waals surface area contributed by atoms with Crippen LogP contribution in [0.5, 0.6) is 11.5 Å². The fourth-order valence-corrected chi connectivity index (χ4v) is 5.89. The van der Waals surface area contributed by atoms with E-state index in [9.17, 15) is 14.4 Å². The van der Waals surface area contributed by atoms with Crippen molar-refractivity contribution in [2.24, 2.45) is 20.4 Å². The Morgan fingerprint density at radius 2 is 1.45 bits per heavy atom. The maximum absolute atomic E-state index is 13.7. The van der Waals surface area contributed by atoms with Crippen molar-refractivity contribution in [2.45, 2.75) is 13.0 Å². The van der Waals surface area contributed by atoms with Crippen LogP contribution in [0.3, 0.4) is 0 Å². The van der Waals surface area contributed by atoms with Gasteiger partial charge in [-0.05, 0) is 78.2 Å². The average Bonchev–Trinajstić information content (AvgIpc) is 3.48. The summed E-state index contributed by atoms with van der Waals surface area (Å²) in [7, 11) is 3.07. The molecule has 1 unspecified atom stereocenters. The summed E-state index contributed by atoms with van der Waals surface area (Å²) in [6.07, 6.45) is 1.58. The van der Waals surface area contributed by atoms with Gasteiger partial charge in [-0.1, -0.05) is 72.8 Å². The maximum atomic E-state index is 13.7. The van der Waals surface area contributed by atoms with Gasteiger partial charge in [0.25, 0.3) is 11.8 Å². The predicted molar refractivity (Wildman–Crippen MR) is 205 cm³/mol. The van der Waals surface area contributed by atoms with E-state index in [1.54, 1.807) is 67.6 Å². The van der Waals surface area contributed by atoms with E-state index in [0.29, 0.717) is 51.1 Å². The zero-order chi connectivity index (χ0) is 36.9. The number of nitrogens with one attached hydrogen (secondary N) is 2. The number of fused-ring (bicyclic) bond motifs is 1. The Hall–Kier alpha value is -7.21. The second-order valence-electron chi connectivity index (χ2n) is 12.0. The van der Waals surface area contributed by atoms with Crippen molar-refractivity contribution in [1.82, 2.24) is 0 Å². The summed E-state index contributed by atoms with van der Waals surface area (Å²) >= 11 is 0. The van der Waals surface area contributed by atoms with E-state index in [0.717, 1.165) is 11.1 Å². The van der Waals surface area contributed by atoms with E-state index in [-0.39, 0.29) is 17.2 Å². The van der Waals surface area contributed by atoms with Gasteiger partial charge in [0.2, 0.25) is 5.78 Å². The third-order valence-corrected chi connectivity index (χ3v) is 8.63. The van der Waals surface area contributed by atoms with Crippen LogP contribution < -0.4 is 25.2 Å². The van der Waals surface area contributed by atoms with E-state index in [1.807, 2.05) is 66.7 Å². The molecular weight excluding hydrogens is 670 g/mol. The normalized spacial score (nSPS) is 15.9. The smallest absolute Gasteiger partial charge is 0.280 e. The summed E-state index contributed by atoms with van der Waals surface area (Å²) in [6.45, 7) is 1.74. The second kappa shape index (κ2) is 15.0. The highest BCUT2D eigenvalue weighted by atomic mass is 16.5. The first-order chi connectivity index (χ1) is 25.8. The molecule has 2 N–H and O–H groups in total. The van der Waals surface area contributed by atoms with Crippen LogP contribution in [0.4, 0.5) is 22.7 Å². The van der Waals surface area contributed by atoms with Crippen molar-refractivity contribution >= 4 is 57.8 Å². The number of methoxy groups -OCH3 is 2. The number of hydrazone groups is 2. The molecule has 0 saturated carbocycles. The van der Waals surface area contributed by atoms with E-state index >= 15 is 0 Å². The molecular formula is C41H33N7O5. The van der Waals surface area contributed by atoms with Gasteiger partial charge in [0.05, 0.1) is 36.9 Å². The predicted octanol–water partition coefficient (Wildman–Crippen LogP) is 7.67. The molecule has 1 aliphatic heterocycles. The number of nitrogens with zero attached hydrogens (tertiary/aromatic N) is 5. The SMILES string of the molecule is COc1cc(-c2ccc(NN=C3C(=O)C(C(=O)Nc4ccccc4)=Cc4ccccc43)c(OC)c2)ccc1N=NC1C(=O)N(c2ccccc2)N=C1C. The van der Waals surface area contributed by atoms with Gasteiger partial charge in [0, 0.05) is 11.3 Å². The fraction of sp³-hybridized carbons (Fsp3) is 0.0976. The molecule has 2 amide bonds. The monoisotopic (exact) mass is 703 g/mol. The van der Waals surface area contributed by atoms with E-state index < -0.39 is 17.7 Å². The van der Waals surface area contributed by atoms with Gasteiger partial charge in [-0.15, -0.1) is 0 Å². The Bertz CT molecular complexity index is 2350. The highest BCUT2D eigenvalue weighted by Gasteiger charge is 2.35. The number of carbonyl (C=O) groups is 3. The van der Waals surface area contributed by atoms with Crippen LogP contribution in [0.15, 0.2) is 147 Å². The lowest BCUT2D eigenvalue weighted by molar-refractivity contribution is -0.118. The van der Waals surface area contributed by atoms with Crippen LogP contribution in [0.1, 0.15) is 18.1 Å². The molecule has 12 nitrogen and oxygen atoms in total. The summed E-state index contributed by atoms with van der Waals surface area (Å²) in [5.41, 5.74) is 8.64. The quantitative estimate of drug-likeness (QED) is 0.0867. The first-order valence-corrected chi connectivity index (χ1v) is 16.6. The lowest BCUT2D eigenvalue weighted by Gasteiger charge is -2.18. The first-order valence-electron chi connectivity index (χ1n) is 16.6. The molecule has 0 saturated heterocycles. The molecule has 5 aromatic rings. The number of para-hydroxylation sites is 2. The molecule has 1 heterocycles. The Balaban J connectivity index is 1.10. The highest BCUT2D eigenvalue weighted by Crippen LogP contribution is 2.37. The molecule has 7 rings (SSSR count). The Labute approximate surface area is 305 Å². The van der Waals surface area contributed by atoms with Crippen LogP contribution in [-0.4, -0.2) is 49.3 Å². The number of anilines is 3. The first kappa shape index (κ1) is 34.2. The zero-order valence-electron chi connectivity index (χ0n) is 29.0. The fourth-order valence-electron chi connectivity index (χ4n) is 5.89. The summed E-state index contributed by atoms with van der Waals surface area (Å²) in [5, 5.41) is 21.7. The minimum Gasteiger partial charge on any atom is -0.494 e. The number of carbonyl (C=O) groups excluding carboxylic acids is 3. The number of ketones is 1. The minimum absolute atomic E-state index is 0.0281. The van der Waals surface area contributed by atoms with Crippen molar-refractivity contribution in [3.63, 3.8) is 0 Å². The molecule has 1 aliphatic carbocycles. The van der Waals surface area contributed by atoms with Gasteiger partial charge in [0.1, 0.15) is 22.9 Å². The summed E-state index contributed by atoms with van der Waals surface area (Å²) in [5.74, 6) is -0.423. The highest BCUT2D eigenvalue weighted by molar-refractivity contribution is 6.59. The van der Waals surface area contributed by atoms with Crippen LogP contribution >= 0.6 is 0 Å². The van der Waals surface area contributed by atoms with Gasteiger partial charge in [0.15, 0.2) is 6.04 Å². The number of hydrogen-bond acceptors (Lipinski definition) is 10. The number of rotatable bonds is 10. The molecule has 12 heteroatoms. The lowest BCUT2D eigenvalue weighted by Crippen LogP contribution is -2.30. The largest absolute Gasteiger partial charge is 0.494 e. The zero-order valence-corrected chi connectivity index (χ0v) is 29.0. The van der Waals surface area contributed by atoms with Crippen molar-refractivity contribution in [2.75, 3.05) is 30.0 Å². The van der Waals surface area contributed by atoms with Crippen molar-refractivity contribution in [3.8, 4) is 22.6 Å². The molecule has 5 aromatic carbocycles. The third-order valence-electron chi connectivity index (χ3n) is 8.63. The molecule has 0 bridgehead atoms. The van der Waals surface area contributed by atoms with Crippen LogP contribution in [0.2, 0.25) is 0 Å². The molecule has 0 aromatic heterocycles. The molecule has 1 atom stereocenters. The van der Waals surface area contributed by atoms with Gasteiger partial charge in [-0.25, -0.2) is 0 Å². The topological polar surface area (TPSA) is 146 Å². The Morgan fingerprint density at radius 3 is 2.19 bits per heavy atom. The Morgan fingerprint density at radius 1 is 0.792 bits per heavy atom. The molecule has 0 radical (unpaired) electrons. The van der Waals surface area contributed by atoms with Crippen molar-refractivity contribution in [3.05, 3.63) is 138 Å². The van der Waals surface area contributed by atoms with Crippen molar-refractivity contribution in [1.29, 1.82) is 0 Å². The standard InChI is InChI=1S/C41H33N7O5/c1-25-37(41(51)48(47-25)30-15-8-5-9-16-30)45-43-33-20-18-26(23-35(33)52-2)27-19-21-34(36(24-27)53-3)44-46-38-31-17-11-10-12-28(31)22-32(39(38)49)40(50)42-29-13-6-4-7-14-29/h4-24,37,44H,1-3H3,(H,42,50).